The molecule has 27 atom stereocenters. The molecule has 1 spiro atoms. The van der Waals surface area contributed by atoms with Crippen molar-refractivity contribution < 1.29 is 144 Å². The summed E-state index contributed by atoms with van der Waals surface area (Å²) in [5.41, 5.74) is -1.93. The van der Waals surface area contributed by atoms with E-state index in [0.717, 1.165) is 20.0 Å². The van der Waals surface area contributed by atoms with Crippen LogP contribution in [0.5, 0.6) is 0 Å². The topological polar surface area (TPSA) is 459 Å². The number of rotatable bonds is 21. The van der Waals surface area contributed by atoms with Crippen LogP contribution >= 0.6 is 0 Å². The Kier molecular flexibility index (Phi) is 20.4. The first-order valence-electron chi connectivity index (χ1n) is 29.5. The molecule has 0 bridgehead atoms. The summed E-state index contributed by atoms with van der Waals surface area (Å²) in [6.45, 7) is 12.8. The monoisotopic (exact) mass is 1330 g/mol. The molecule has 9 rings (SSSR count). The lowest BCUT2D eigenvalue weighted by molar-refractivity contribution is -0.389. The van der Waals surface area contributed by atoms with Crippen LogP contribution in [0.1, 0.15) is 113 Å². The van der Waals surface area contributed by atoms with E-state index in [1.165, 1.54) is 12.5 Å². The Balaban J connectivity index is 0.912. The minimum atomic E-state index is -5.25. The highest BCUT2D eigenvalue weighted by Gasteiger charge is 2.76. The van der Waals surface area contributed by atoms with Crippen molar-refractivity contribution in [2.24, 2.45) is 45.3 Å². The molecule has 506 valence electrons. The summed E-state index contributed by atoms with van der Waals surface area (Å²) in [6.07, 6.45) is -29.8. The van der Waals surface area contributed by atoms with Gasteiger partial charge in [0.05, 0.1) is 37.4 Å². The molecule has 34 heteroatoms. The summed E-state index contributed by atoms with van der Waals surface area (Å²) in [7, 11) is -14.6. The first-order valence-corrected chi connectivity index (χ1v) is 33.6. The molecule has 5 heterocycles. The number of ketones is 1. The zero-order valence-corrected chi connectivity index (χ0v) is 52.6. The fraction of sp³-hybridized carbons (Fsp3) is 0.926. The molecule has 10 N–H and O–H groups in total. The van der Waals surface area contributed by atoms with Crippen molar-refractivity contribution >= 4 is 42.9 Å². The van der Waals surface area contributed by atoms with Crippen LogP contribution in [0.3, 0.4) is 0 Å². The maximum atomic E-state index is 14.4. The van der Waals surface area contributed by atoms with Crippen molar-refractivity contribution in [2.75, 3.05) is 26.9 Å². The second-order valence-corrected chi connectivity index (χ2v) is 30.1. The Morgan fingerprint density at radius 1 is 0.648 bits per heavy atom. The molecular formula is C54H86O31S3. The van der Waals surface area contributed by atoms with E-state index >= 15 is 0 Å². The summed E-state index contributed by atoms with van der Waals surface area (Å²) in [5.74, 6) is -0.0671. The summed E-state index contributed by atoms with van der Waals surface area (Å²) in [4.78, 5) is 27.7. The lowest BCUT2D eigenvalue weighted by Crippen LogP contribution is -2.67. The molecule has 9 aliphatic rings. The summed E-state index contributed by atoms with van der Waals surface area (Å²) in [6, 6.07) is 0. The minimum absolute atomic E-state index is 0.0313. The first-order chi connectivity index (χ1) is 40.7. The maximum absolute atomic E-state index is 14.4. The van der Waals surface area contributed by atoms with Crippen molar-refractivity contribution in [1.82, 2.24) is 0 Å². The number of allylic oxidation sites excluding steroid dienone is 2. The third kappa shape index (κ3) is 13.3. The van der Waals surface area contributed by atoms with Crippen LogP contribution in [0.25, 0.3) is 0 Å². The van der Waals surface area contributed by atoms with E-state index in [-0.39, 0.29) is 47.3 Å². The number of ether oxygens (including phenoxy) is 10. The van der Waals surface area contributed by atoms with Crippen LogP contribution in [-0.4, -0.2) is 242 Å². The van der Waals surface area contributed by atoms with Gasteiger partial charge < -0.3 is 83.1 Å². The van der Waals surface area contributed by atoms with Gasteiger partial charge in [0.25, 0.3) is 0 Å². The Bertz CT molecular complexity index is 2910. The van der Waals surface area contributed by atoms with E-state index in [2.05, 4.69) is 42.1 Å². The quantitative estimate of drug-likeness (QED) is 0.0388. The van der Waals surface area contributed by atoms with Crippen LogP contribution in [0.2, 0.25) is 0 Å². The van der Waals surface area contributed by atoms with Gasteiger partial charge in [0.1, 0.15) is 96.8 Å². The molecule has 5 saturated heterocycles. The zero-order chi connectivity index (χ0) is 65.0. The third-order valence-corrected chi connectivity index (χ3v) is 22.1. The fourth-order valence-electron chi connectivity index (χ4n) is 16.6. The number of Topliss-reactive ketones (excluding diaryl/α,β-unsaturated/α-hetero) is 1. The second-order valence-electron chi connectivity index (χ2n) is 26.9. The van der Waals surface area contributed by atoms with E-state index in [0.29, 0.717) is 38.5 Å². The number of hydrogen-bond acceptors (Lipinski definition) is 28. The highest BCUT2D eigenvalue weighted by atomic mass is 32.3. The Morgan fingerprint density at radius 2 is 1.22 bits per heavy atom. The number of hydrogen-bond donors (Lipinski definition) is 10. The average Bonchev–Trinajstić information content (AvgIpc) is 1.44. The summed E-state index contributed by atoms with van der Waals surface area (Å²) >= 11 is 0. The molecule has 4 aliphatic carbocycles. The number of carbonyl (C=O) groups is 2. The molecule has 0 aromatic heterocycles. The van der Waals surface area contributed by atoms with Gasteiger partial charge in [-0.05, 0) is 87.4 Å². The number of cyclic esters (lactones) is 1. The molecule has 2 unspecified atom stereocenters. The molecule has 5 aliphatic heterocycles. The van der Waals surface area contributed by atoms with Crippen LogP contribution in [0.15, 0.2) is 11.6 Å². The molecule has 3 saturated carbocycles. The number of aliphatic hydroxyl groups is 7. The van der Waals surface area contributed by atoms with Gasteiger partial charge in [0.2, 0.25) is 0 Å². The lowest BCUT2D eigenvalue weighted by atomic mass is 9.41. The fourth-order valence-corrected chi connectivity index (χ4v) is 17.7. The van der Waals surface area contributed by atoms with Gasteiger partial charge in [-0.2, -0.15) is 25.3 Å². The number of fused-ring (bicyclic) bond motifs is 4. The molecule has 8 fully saturated rings. The van der Waals surface area contributed by atoms with Crippen LogP contribution < -0.4 is 0 Å². The molecule has 88 heavy (non-hydrogen) atoms. The molecule has 31 nitrogen and oxygen atoms in total. The predicted octanol–water partition coefficient (Wildman–Crippen LogP) is -0.648. The predicted molar refractivity (Wildman–Crippen MR) is 292 cm³/mol. The van der Waals surface area contributed by atoms with Crippen molar-refractivity contribution in [2.45, 2.75) is 242 Å². The smallest absolute Gasteiger partial charge is 0.397 e. The standard InChI is InChI=1S/C54H86O31S3/c1-23(2)18-25(55)19-53(8)32-13-16-52(7)27-10-11-31-50(4,5)33(14-15-51(31,6)26(27)12-17-54(32,52)49(63)84-53)80-48-44(36(58)30(20-74-48)85-88(70,71)72)83-45-38(60)37(59)41(24(3)77-45)81-47-40(62)43(35(57)29(79-47)22-76-87(67,68)69)82-46-39(61)42(73-9)34(56)28(78-46)21-75-86(64,65)66/h10,23-24,26,28-48,56-62H,11-22H2,1-9H3,(H,64,65,66)(H,67,68,69)(H,70,71,72)/t24-,26?,28-,29-,30-,31?,32-,33+,34-,35-,36+,37-,38-,39-,40-,41-,42+,43+,44-,45+,46+,47+,48+,51-,52+,53+,54-/m1/s1. The molecule has 0 radical (unpaired) electrons. The van der Waals surface area contributed by atoms with Gasteiger partial charge in [0, 0.05) is 31.3 Å². The lowest BCUT2D eigenvalue weighted by Gasteiger charge is -2.64. The normalized spacial score (nSPS) is 47.1. The van der Waals surface area contributed by atoms with Gasteiger partial charge in [-0.1, -0.05) is 53.2 Å². The van der Waals surface area contributed by atoms with Crippen LogP contribution in [-0.2, 0) is 101 Å². The van der Waals surface area contributed by atoms with E-state index < -0.39 is 196 Å². The minimum Gasteiger partial charge on any atom is -0.458 e. The van der Waals surface area contributed by atoms with Gasteiger partial charge in [-0.3, -0.25) is 23.2 Å². The number of aliphatic hydroxyl groups excluding tert-OH is 7. The molecule has 0 aromatic rings. The molecular weight excluding hydrogens is 1240 g/mol. The van der Waals surface area contributed by atoms with Gasteiger partial charge in [-0.15, -0.1) is 0 Å². The first kappa shape index (κ1) is 70.2. The van der Waals surface area contributed by atoms with Crippen molar-refractivity contribution in [3.8, 4) is 0 Å². The third-order valence-electron chi connectivity index (χ3n) is 20.7. The zero-order valence-electron chi connectivity index (χ0n) is 50.2. The van der Waals surface area contributed by atoms with Crippen molar-refractivity contribution in [3.63, 3.8) is 0 Å². The van der Waals surface area contributed by atoms with Gasteiger partial charge in [0.15, 0.2) is 25.2 Å². The molecule has 0 amide bonds. The number of carbonyl (C=O) groups excluding carboxylic acids is 2. The molecule has 0 aromatic carbocycles. The maximum Gasteiger partial charge on any atom is 0.397 e. The van der Waals surface area contributed by atoms with E-state index in [1.54, 1.807) is 0 Å². The number of esters is 1. The average molecular weight is 1330 g/mol. The summed E-state index contributed by atoms with van der Waals surface area (Å²) in [5, 5.41) is 80.2. The number of methoxy groups -OCH3 is 1. The van der Waals surface area contributed by atoms with Crippen LogP contribution in [0, 0.1) is 45.3 Å². The van der Waals surface area contributed by atoms with E-state index in [9.17, 15) is 79.7 Å². The van der Waals surface area contributed by atoms with E-state index in [4.69, 9.17) is 56.1 Å². The van der Waals surface area contributed by atoms with Crippen molar-refractivity contribution in [1.29, 1.82) is 0 Å². The Morgan fingerprint density at radius 3 is 1.80 bits per heavy atom. The second kappa shape index (κ2) is 25.5. The van der Waals surface area contributed by atoms with Crippen molar-refractivity contribution in [3.05, 3.63) is 11.6 Å². The SMILES string of the molecule is CO[C@@H]1[C@@H](O)[C@H](O[C@@H]2[C@@H](O)[C@H](O[C@H]3[C@H](O)[C@@H](O)[C@H](O[C@H]4[C@H](O[C@H]5CC[C@]6(C)C7CC[C@]89C(=O)O[C@@](C)(CC(=O)CC(C)C)[C@H]8CC[C@@]9(C)C7=CCC6C5(C)C)OC[C@@H](OS(=O)(=O)O)[C@@H]4O)O[C@@H]3C)O[C@H](COS(=O)(=O)O)[C@H]2O)O[C@H](COS(=O)(=O)O)[C@H]1O. The van der Waals surface area contributed by atoms with Gasteiger partial charge >= 0.3 is 37.2 Å². The van der Waals surface area contributed by atoms with E-state index in [1.807, 2.05) is 20.8 Å². The Hall–Kier alpha value is -2.15. The largest absolute Gasteiger partial charge is 0.458 e. The Labute approximate surface area is 510 Å². The highest BCUT2D eigenvalue weighted by molar-refractivity contribution is 7.81. The highest BCUT2D eigenvalue weighted by Crippen LogP contribution is 2.76. The van der Waals surface area contributed by atoms with Crippen LogP contribution in [0.4, 0.5) is 0 Å². The summed E-state index contributed by atoms with van der Waals surface area (Å²) < 4.78 is 171. The van der Waals surface area contributed by atoms with Gasteiger partial charge in [-0.25, -0.2) is 12.5 Å².